The molecule has 1 N–H and O–H groups in total. The summed E-state index contributed by atoms with van der Waals surface area (Å²) in [6, 6.07) is 3.88. The maximum Gasteiger partial charge on any atom is 0.180 e. The Balaban J connectivity index is 2.69. The molecule has 0 saturated heterocycles. The van der Waals surface area contributed by atoms with E-state index in [4.69, 9.17) is 26.5 Å². The number of nitrogens with one attached hydrogen (secondary N) is 1. The Morgan fingerprint density at radius 3 is 2.65 bits per heavy atom. The van der Waals surface area contributed by atoms with Crippen LogP contribution in [0.15, 0.2) is 12.1 Å². The van der Waals surface area contributed by atoms with Crippen molar-refractivity contribution in [3.8, 4) is 5.75 Å². The Hall–Kier alpha value is -1.22. The smallest absolute Gasteiger partial charge is 0.180 e. The first kappa shape index (κ1) is 13.8. The summed E-state index contributed by atoms with van der Waals surface area (Å²) >= 11 is 6.09. The van der Waals surface area contributed by atoms with Crippen molar-refractivity contribution >= 4 is 17.5 Å². The summed E-state index contributed by atoms with van der Waals surface area (Å²) in [5.74, 6) is 1.16. The number of methoxy groups -OCH3 is 2. The lowest BCUT2D eigenvalue weighted by molar-refractivity contribution is 0.383. The Bertz CT molecular complexity index is 405. The SMILES string of the molecule is COC(=N)CCCc1cc(Cl)c(C)cc1OC. The summed E-state index contributed by atoms with van der Waals surface area (Å²) in [6.07, 6.45) is 2.31. The van der Waals surface area contributed by atoms with Crippen molar-refractivity contribution in [2.24, 2.45) is 0 Å². The van der Waals surface area contributed by atoms with Crippen molar-refractivity contribution in [1.29, 1.82) is 5.41 Å². The van der Waals surface area contributed by atoms with Crippen molar-refractivity contribution in [3.05, 3.63) is 28.3 Å². The first-order valence-electron chi connectivity index (χ1n) is 5.53. The summed E-state index contributed by atoms with van der Waals surface area (Å²) in [6.45, 7) is 1.95. The van der Waals surface area contributed by atoms with Gasteiger partial charge >= 0.3 is 0 Å². The van der Waals surface area contributed by atoms with Gasteiger partial charge < -0.3 is 9.47 Å². The molecule has 0 aliphatic rings. The van der Waals surface area contributed by atoms with Crippen LogP contribution in [0.5, 0.6) is 5.75 Å². The highest BCUT2D eigenvalue weighted by molar-refractivity contribution is 6.31. The third-order valence-corrected chi connectivity index (χ3v) is 3.07. The quantitative estimate of drug-likeness (QED) is 0.645. The normalized spacial score (nSPS) is 10.1. The van der Waals surface area contributed by atoms with Crippen molar-refractivity contribution in [1.82, 2.24) is 0 Å². The highest BCUT2D eigenvalue weighted by Crippen LogP contribution is 2.27. The molecule has 0 atom stereocenters. The van der Waals surface area contributed by atoms with E-state index in [1.807, 2.05) is 19.1 Å². The number of hydrogen-bond acceptors (Lipinski definition) is 3. The maximum atomic E-state index is 7.40. The van der Waals surface area contributed by atoms with Gasteiger partial charge in [-0.1, -0.05) is 11.6 Å². The molecule has 0 aliphatic carbocycles. The van der Waals surface area contributed by atoms with Gasteiger partial charge in [0.2, 0.25) is 0 Å². The summed E-state index contributed by atoms with van der Waals surface area (Å²) in [5, 5.41) is 8.15. The van der Waals surface area contributed by atoms with Crippen molar-refractivity contribution in [2.45, 2.75) is 26.2 Å². The monoisotopic (exact) mass is 255 g/mol. The Morgan fingerprint density at radius 2 is 2.06 bits per heavy atom. The van der Waals surface area contributed by atoms with E-state index < -0.39 is 0 Å². The van der Waals surface area contributed by atoms with Gasteiger partial charge in [-0.2, -0.15) is 0 Å². The van der Waals surface area contributed by atoms with Crippen molar-refractivity contribution < 1.29 is 9.47 Å². The van der Waals surface area contributed by atoms with E-state index in [0.717, 1.165) is 34.7 Å². The summed E-state index contributed by atoms with van der Waals surface area (Å²) in [5.41, 5.74) is 2.09. The second-order valence-electron chi connectivity index (χ2n) is 3.89. The number of rotatable bonds is 5. The minimum absolute atomic E-state index is 0.308. The molecule has 3 nitrogen and oxygen atoms in total. The van der Waals surface area contributed by atoms with Crippen LogP contribution >= 0.6 is 11.6 Å². The van der Waals surface area contributed by atoms with Gasteiger partial charge in [0.05, 0.1) is 14.2 Å². The molecule has 17 heavy (non-hydrogen) atoms. The highest BCUT2D eigenvalue weighted by atomic mass is 35.5. The van der Waals surface area contributed by atoms with Gasteiger partial charge in [-0.15, -0.1) is 0 Å². The fraction of sp³-hybridized carbons (Fsp3) is 0.462. The fourth-order valence-corrected chi connectivity index (χ4v) is 1.81. The van der Waals surface area contributed by atoms with Crippen LogP contribution in [0.25, 0.3) is 0 Å². The third kappa shape index (κ3) is 3.93. The molecule has 0 bridgehead atoms. The zero-order chi connectivity index (χ0) is 12.8. The molecule has 0 aromatic heterocycles. The number of benzene rings is 1. The van der Waals surface area contributed by atoms with Gasteiger partial charge in [0.1, 0.15) is 5.75 Å². The molecule has 0 fully saturated rings. The van der Waals surface area contributed by atoms with Crippen molar-refractivity contribution in [3.63, 3.8) is 0 Å². The van der Waals surface area contributed by atoms with E-state index in [1.165, 1.54) is 7.11 Å². The van der Waals surface area contributed by atoms with Crippen LogP contribution in [0.1, 0.15) is 24.0 Å². The van der Waals surface area contributed by atoms with E-state index in [0.29, 0.717) is 12.3 Å². The largest absolute Gasteiger partial charge is 0.496 e. The number of hydrogen-bond donors (Lipinski definition) is 1. The molecule has 0 unspecified atom stereocenters. The molecule has 0 heterocycles. The van der Waals surface area contributed by atoms with Crippen LogP contribution in [0.4, 0.5) is 0 Å². The minimum atomic E-state index is 0.308. The molecule has 1 aromatic rings. The van der Waals surface area contributed by atoms with E-state index in [9.17, 15) is 0 Å². The van der Waals surface area contributed by atoms with E-state index in [2.05, 4.69) is 0 Å². The lowest BCUT2D eigenvalue weighted by Gasteiger charge is -2.11. The second-order valence-corrected chi connectivity index (χ2v) is 4.30. The van der Waals surface area contributed by atoms with E-state index in [1.54, 1.807) is 7.11 Å². The van der Waals surface area contributed by atoms with Crippen LogP contribution in [0.2, 0.25) is 5.02 Å². The maximum absolute atomic E-state index is 7.40. The molecule has 0 spiro atoms. The van der Waals surface area contributed by atoms with E-state index >= 15 is 0 Å². The van der Waals surface area contributed by atoms with Gasteiger partial charge in [0.25, 0.3) is 0 Å². The molecular weight excluding hydrogens is 238 g/mol. The predicted octanol–water partition coefficient (Wildman–Crippen LogP) is 3.60. The number of ether oxygens (including phenoxy) is 2. The summed E-state index contributed by atoms with van der Waals surface area (Å²) in [7, 11) is 3.18. The molecule has 1 aromatic carbocycles. The first-order valence-corrected chi connectivity index (χ1v) is 5.90. The average Bonchev–Trinajstić information content (AvgIpc) is 2.32. The Morgan fingerprint density at radius 1 is 1.35 bits per heavy atom. The predicted molar refractivity (Wildman–Crippen MR) is 70.4 cm³/mol. The molecule has 4 heteroatoms. The van der Waals surface area contributed by atoms with Crippen molar-refractivity contribution in [2.75, 3.05) is 14.2 Å². The van der Waals surface area contributed by atoms with Gasteiger partial charge in [-0.3, -0.25) is 5.41 Å². The van der Waals surface area contributed by atoms with Crippen LogP contribution in [-0.4, -0.2) is 20.1 Å². The lowest BCUT2D eigenvalue weighted by atomic mass is 10.0. The van der Waals surface area contributed by atoms with Crippen LogP contribution in [-0.2, 0) is 11.2 Å². The molecule has 94 valence electrons. The Labute approximate surface area is 107 Å². The Kier molecular flexibility index (Phi) is 5.29. The fourth-order valence-electron chi connectivity index (χ4n) is 1.62. The number of aryl methyl sites for hydroxylation is 2. The molecule has 0 radical (unpaired) electrons. The van der Waals surface area contributed by atoms with Crippen LogP contribution < -0.4 is 4.74 Å². The molecule has 0 amide bonds. The summed E-state index contributed by atoms with van der Waals surface area (Å²) < 4.78 is 10.1. The van der Waals surface area contributed by atoms with Gasteiger partial charge in [0, 0.05) is 11.4 Å². The first-order chi connectivity index (χ1) is 8.08. The molecule has 1 rings (SSSR count). The van der Waals surface area contributed by atoms with Gasteiger partial charge in [-0.05, 0) is 43.0 Å². The molecule has 0 saturated carbocycles. The highest BCUT2D eigenvalue weighted by Gasteiger charge is 2.07. The lowest BCUT2D eigenvalue weighted by Crippen LogP contribution is -2.00. The minimum Gasteiger partial charge on any atom is -0.496 e. The topological polar surface area (TPSA) is 42.3 Å². The zero-order valence-electron chi connectivity index (χ0n) is 10.5. The average molecular weight is 256 g/mol. The number of halogens is 1. The summed E-state index contributed by atoms with van der Waals surface area (Å²) in [4.78, 5) is 0. The third-order valence-electron chi connectivity index (χ3n) is 2.66. The van der Waals surface area contributed by atoms with Gasteiger partial charge in [0.15, 0.2) is 5.90 Å². The van der Waals surface area contributed by atoms with Crippen LogP contribution in [0.3, 0.4) is 0 Å². The standard InChI is InChI=1S/C13H18ClNO2/c1-9-7-12(16-2)10(8-11(9)14)5-4-6-13(15)17-3/h7-8,15H,4-6H2,1-3H3. The molecule has 0 aliphatic heterocycles. The van der Waals surface area contributed by atoms with E-state index in [-0.39, 0.29) is 0 Å². The van der Waals surface area contributed by atoms with Gasteiger partial charge in [-0.25, -0.2) is 0 Å². The second kappa shape index (κ2) is 6.50. The van der Waals surface area contributed by atoms with Crippen LogP contribution in [0, 0.1) is 12.3 Å². The zero-order valence-corrected chi connectivity index (χ0v) is 11.2. The molecular formula is C13H18ClNO2.